The summed E-state index contributed by atoms with van der Waals surface area (Å²) in [7, 11) is 0. The average Bonchev–Trinajstić information content (AvgIpc) is 2.67. The van der Waals surface area contributed by atoms with E-state index in [0.29, 0.717) is 13.0 Å². The minimum atomic E-state index is -0.172. The van der Waals surface area contributed by atoms with Gasteiger partial charge in [-0.2, -0.15) is 0 Å². The highest BCUT2D eigenvalue weighted by Gasteiger charge is 2.33. The molecule has 4 heteroatoms. The summed E-state index contributed by atoms with van der Waals surface area (Å²) in [6.45, 7) is 5.11. The summed E-state index contributed by atoms with van der Waals surface area (Å²) in [5.41, 5.74) is 5.85. The number of rotatable bonds is 2. The number of fused-ring (bicyclic) bond motifs is 2. The van der Waals surface area contributed by atoms with Crippen LogP contribution in [0.1, 0.15) is 48.1 Å². The third kappa shape index (κ3) is 3.25. The van der Waals surface area contributed by atoms with Crippen molar-refractivity contribution in [2.24, 2.45) is 0 Å². The predicted molar refractivity (Wildman–Crippen MR) is 107 cm³/mol. The fourth-order valence-electron chi connectivity index (χ4n) is 4.62. The molecule has 0 aromatic heterocycles. The van der Waals surface area contributed by atoms with E-state index in [-0.39, 0.29) is 17.9 Å². The molecule has 0 saturated heterocycles. The van der Waals surface area contributed by atoms with E-state index in [1.165, 1.54) is 11.1 Å². The zero-order chi connectivity index (χ0) is 19.0. The summed E-state index contributed by atoms with van der Waals surface area (Å²) in [5.74, 6) is 0.149. The fraction of sp³-hybridized carbons (Fsp3) is 0.391. The highest BCUT2D eigenvalue weighted by Crippen LogP contribution is 2.36. The van der Waals surface area contributed by atoms with E-state index in [9.17, 15) is 9.59 Å². The number of carbonyl (C=O) groups excluding carboxylic acids is 2. The van der Waals surface area contributed by atoms with Gasteiger partial charge in [0, 0.05) is 25.7 Å². The molecule has 0 radical (unpaired) electrons. The summed E-state index contributed by atoms with van der Waals surface area (Å²) < 4.78 is 0. The molecule has 2 amide bonds. The van der Waals surface area contributed by atoms with Crippen LogP contribution in [0.4, 0.5) is 5.69 Å². The molecule has 27 heavy (non-hydrogen) atoms. The van der Waals surface area contributed by atoms with Crippen LogP contribution in [0.15, 0.2) is 42.5 Å². The van der Waals surface area contributed by atoms with Gasteiger partial charge < -0.3 is 9.80 Å². The molecular weight excluding hydrogens is 336 g/mol. The Morgan fingerprint density at radius 3 is 2.59 bits per heavy atom. The Balaban J connectivity index is 1.66. The number of amides is 2. The van der Waals surface area contributed by atoms with Crippen LogP contribution < -0.4 is 4.90 Å². The van der Waals surface area contributed by atoms with E-state index in [2.05, 4.69) is 37.3 Å². The van der Waals surface area contributed by atoms with E-state index < -0.39 is 0 Å². The van der Waals surface area contributed by atoms with Crippen LogP contribution in [0.2, 0.25) is 0 Å². The normalized spacial score (nSPS) is 18.7. The second-order valence-corrected chi connectivity index (χ2v) is 7.61. The Kier molecular flexibility index (Phi) is 4.73. The molecule has 0 fully saturated rings. The zero-order valence-electron chi connectivity index (χ0n) is 16.1. The van der Waals surface area contributed by atoms with E-state index in [1.807, 2.05) is 21.9 Å². The first-order valence-electron chi connectivity index (χ1n) is 9.80. The maximum Gasteiger partial charge on any atom is 0.229 e. The lowest BCUT2D eigenvalue weighted by Gasteiger charge is -2.38. The molecular formula is C23H26N2O2. The first kappa shape index (κ1) is 17.8. The lowest BCUT2D eigenvalue weighted by molar-refractivity contribution is -0.133. The molecule has 1 atom stereocenters. The predicted octanol–water partition coefficient (Wildman–Crippen LogP) is 3.81. The van der Waals surface area contributed by atoms with Gasteiger partial charge in [-0.05, 0) is 48.4 Å². The van der Waals surface area contributed by atoms with Gasteiger partial charge in [0.05, 0.1) is 12.5 Å². The molecule has 2 aliphatic heterocycles. The molecule has 2 aromatic carbocycles. The Morgan fingerprint density at radius 2 is 1.78 bits per heavy atom. The van der Waals surface area contributed by atoms with Crippen LogP contribution in [0.5, 0.6) is 0 Å². The van der Waals surface area contributed by atoms with Gasteiger partial charge in [-0.3, -0.25) is 9.59 Å². The van der Waals surface area contributed by atoms with Gasteiger partial charge >= 0.3 is 0 Å². The van der Waals surface area contributed by atoms with Crippen LogP contribution in [-0.2, 0) is 22.4 Å². The lowest BCUT2D eigenvalue weighted by atomic mass is 9.89. The van der Waals surface area contributed by atoms with Crippen molar-refractivity contribution in [2.45, 2.75) is 45.6 Å². The van der Waals surface area contributed by atoms with Gasteiger partial charge in [0.25, 0.3) is 0 Å². The molecule has 0 spiro atoms. The van der Waals surface area contributed by atoms with E-state index in [4.69, 9.17) is 0 Å². The average molecular weight is 362 g/mol. The number of hydrogen-bond acceptors (Lipinski definition) is 2. The summed E-state index contributed by atoms with van der Waals surface area (Å²) in [6, 6.07) is 14.3. The van der Waals surface area contributed by atoms with Crippen LogP contribution in [-0.4, -0.2) is 29.8 Å². The Labute approximate surface area is 160 Å². The van der Waals surface area contributed by atoms with Crippen molar-refractivity contribution in [2.75, 3.05) is 18.0 Å². The SMILES string of the molecule is CC(=O)N1CCc2ccccc2C1CC(=O)N1CCCc2cccc(C)c21. The number of hydrogen-bond donors (Lipinski definition) is 0. The highest BCUT2D eigenvalue weighted by atomic mass is 16.2. The number of carbonyl (C=O) groups is 2. The molecule has 4 rings (SSSR count). The van der Waals surface area contributed by atoms with Crippen molar-refractivity contribution in [3.63, 3.8) is 0 Å². The first-order valence-corrected chi connectivity index (χ1v) is 9.80. The largest absolute Gasteiger partial charge is 0.335 e. The third-order valence-corrected chi connectivity index (χ3v) is 5.90. The molecule has 0 aliphatic carbocycles. The van der Waals surface area contributed by atoms with Crippen molar-refractivity contribution in [3.8, 4) is 0 Å². The lowest BCUT2D eigenvalue weighted by Crippen LogP contribution is -2.43. The van der Waals surface area contributed by atoms with Crippen molar-refractivity contribution in [1.82, 2.24) is 4.90 Å². The topological polar surface area (TPSA) is 40.6 Å². The van der Waals surface area contributed by atoms with Crippen molar-refractivity contribution in [3.05, 3.63) is 64.7 Å². The van der Waals surface area contributed by atoms with Crippen LogP contribution in [0.25, 0.3) is 0 Å². The van der Waals surface area contributed by atoms with Gasteiger partial charge in [-0.25, -0.2) is 0 Å². The maximum atomic E-state index is 13.3. The molecule has 0 bridgehead atoms. The van der Waals surface area contributed by atoms with Gasteiger partial charge in [-0.15, -0.1) is 0 Å². The van der Waals surface area contributed by atoms with Crippen molar-refractivity contribution in [1.29, 1.82) is 0 Å². The van der Waals surface area contributed by atoms with Gasteiger partial charge in [0.2, 0.25) is 11.8 Å². The fourth-order valence-corrected chi connectivity index (χ4v) is 4.62. The molecule has 2 aliphatic rings. The van der Waals surface area contributed by atoms with Crippen molar-refractivity contribution < 1.29 is 9.59 Å². The summed E-state index contributed by atoms with van der Waals surface area (Å²) in [6.07, 6.45) is 3.20. The second kappa shape index (κ2) is 7.18. The van der Waals surface area contributed by atoms with Gasteiger partial charge in [0.1, 0.15) is 0 Å². The highest BCUT2D eigenvalue weighted by molar-refractivity contribution is 5.96. The number of benzene rings is 2. The number of nitrogens with zero attached hydrogens (tertiary/aromatic N) is 2. The molecule has 1 unspecified atom stereocenters. The molecule has 0 saturated carbocycles. The molecule has 4 nitrogen and oxygen atoms in total. The van der Waals surface area contributed by atoms with Gasteiger partial charge in [0.15, 0.2) is 0 Å². The summed E-state index contributed by atoms with van der Waals surface area (Å²) >= 11 is 0. The second-order valence-electron chi connectivity index (χ2n) is 7.61. The van der Waals surface area contributed by atoms with Crippen LogP contribution >= 0.6 is 0 Å². The molecule has 2 aromatic rings. The molecule has 2 heterocycles. The summed E-state index contributed by atoms with van der Waals surface area (Å²) in [4.78, 5) is 29.4. The number of aryl methyl sites for hydroxylation is 2. The van der Waals surface area contributed by atoms with Gasteiger partial charge in [-0.1, -0.05) is 42.5 Å². The number of anilines is 1. The Morgan fingerprint density at radius 1 is 1.00 bits per heavy atom. The maximum absolute atomic E-state index is 13.3. The Bertz CT molecular complexity index is 890. The summed E-state index contributed by atoms with van der Waals surface area (Å²) in [5, 5.41) is 0. The monoisotopic (exact) mass is 362 g/mol. The van der Waals surface area contributed by atoms with E-state index >= 15 is 0 Å². The zero-order valence-corrected chi connectivity index (χ0v) is 16.1. The van der Waals surface area contributed by atoms with Crippen LogP contribution in [0, 0.1) is 6.92 Å². The van der Waals surface area contributed by atoms with Crippen LogP contribution in [0.3, 0.4) is 0 Å². The van der Waals surface area contributed by atoms with E-state index in [1.54, 1.807) is 6.92 Å². The standard InChI is InChI=1S/C23H26N2O2/c1-16-7-5-9-19-10-6-13-25(23(16)19)22(27)15-21-20-11-4-3-8-18(20)12-14-24(21)17(2)26/h3-5,7-9,11,21H,6,10,12-15H2,1-2H3. The Hall–Kier alpha value is -2.62. The minimum absolute atomic E-state index is 0.0394. The first-order chi connectivity index (χ1) is 13.1. The quantitative estimate of drug-likeness (QED) is 0.815. The smallest absolute Gasteiger partial charge is 0.229 e. The molecule has 140 valence electrons. The third-order valence-electron chi connectivity index (χ3n) is 5.90. The van der Waals surface area contributed by atoms with E-state index in [0.717, 1.165) is 42.6 Å². The molecule has 0 N–H and O–H groups in total. The minimum Gasteiger partial charge on any atom is -0.335 e. The number of para-hydroxylation sites is 1. The van der Waals surface area contributed by atoms with Crippen molar-refractivity contribution >= 4 is 17.5 Å².